The molecular weight excluding hydrogens is 292 g/mol. The van der Waals surface area contributed by atoms with Crippen molar-refractivity contribution < 1.29 is 4.79 Å². The second kappa shape index (κ2) is 6.20. The van der Waals surface area contributed by atoms with E-state index in [2.05, 4.69) is 0 Å². The van der Waals surface area contributed by atoms with Crippen LogP contribution in [0.5, 0.6) is 0 Å². The van der Waals surface area contributed by atoms with Crippen LogP contribution >= 0.6 is 23.4 Å². The van der Waals surface area contributed by atoms with E-state index in [0.717, 1.165) is 4.90 Å². The van der Waals surface area contributed by atoms with Gasteiger partial charge in [-0.1, -0.05) is 11.6 Å². The van der Waals surface area contributed by atoms with E-state index in [4.69, 9.17) is 17.3 Å². The Morgan fingerprint density at radius 1 is 1.20 bits per heavy atom. The number of anilines is 2. The summed E-state index contributed by atoms with van der Waals surface area (Å²) < 4.78 is 0. The zero-order valence-corrected chi connectivity index (χ0v) is 12.8. The lowest BCUT2D eigenvalue weighted by Crippen LogP contribution is -2.27. The van der Waals surface area contributed by atoms with E-state index in [9.17, 15) is 4.79 Å². The number of nitrogens with two attached hydrogens (primary N) is 1. The molecule has 0 saturated heterocycles. The van der Waals surface area contributed by atoms with Crippen LogP contribution in [0.25, 0.3) is 0 Å². The first-order valence-corrected chi connectivity index (χ1v) is 7.60. The average Bonchev–Trinajstić information content (AvgIpc) is 2.48. The molecule has 0 heterocycles. The smallest absolute Gasteiger partial charge is 0.258 e. The van der Waals surface area contributed by atoms with Gasteiger partial charge in [-0.15, -0.1) is 11.8 Å². The molecule has 0 radical (unpaired) electrons. The monoisotopic (exact) mass is 306 g/mol. The number of carbonyl (C=O) groups is 1. The molecule has 0 aliphatic heterocycles. The molecule has 2 aromatic carbocycles. The number of rotatable bonds is 3. The van der Waals surface area contributed by atoms with Crippen molar-refractivity contribution >= 4 is 40.6 Å². The number of halogens is 1. The van der Waals surface area contributed by atoms with Gasteiger partial charge in [0.05, 0.1) is 11.4 Å². The Balaban J connectivity index is 2.29. The van der Waals surface area contributed by atoms with Crippen molar-refractivity contribution in [2.45, 2.75) is 4.90 Å². The second-order valence-corrected chi connectivity index (χ2v) is 5.61. The van der Waals surface area contributed by atoms with E-state index in [0.29, 0.717) is 22.0 Å². The molecule has 0 aliphatic carbocycles. The molecule has 2 N–H and O–H groups in total. The van der Waals surface area contributed by atoms with Crippen LogP contribution in [0.1, 0.15) is 10.4 Å². The third-order valence-electron chi connectivity index (χ3n) is 3.00. The number of hydrogen-bond donors (Lipinski definition) is 1. The third kappa shape index (κ3) is 3.08. The second-order valence-electron chi connectivity index (χ2n) is 4.30. The van der Waals surface area contributed by atoms with Gasteiger partial charge in [-0.05, 0) is 48.7 Å². The molecule has 1 amide bonds. The van der Waals surface area contributed by atoms with E-state index < -0.39 is 0 Å². The Morgan fingerprint density at radius 3 is 2.45 bits per heavy atom. The molecule has 0 aromatic heterocycles. The molecule has 0 bridgehead atoms. The maximum absolute atomic E-state index is 12.4. The number of nitrogen functional groups attached to an aromatic ring is 1. The van der Waals surface area contributed by atoms with Crippen LogP contribution in [0.4, 0.5) is 11.4 Å². The average molecular weight is 307 g/mol. The van der Waals surface area contributed by atoms with Gasteiger partial charge >= 0.3 is 0 Å². The van der Waals surface area contributed by atoms with Gasteiger partial charge in [0.15, 0.2) is 0 Å². The standard InChI is InChI=1S/C15H15ClN2OS/c1-18(14-9-11(16)5-8-13(14)17)15(19)10-3-6-12(20-2)7-4-10/h3-9H,17H2,1-2H3. The number of carbonyl (C=O) groups excluding carboxylic acids is 1. The Labute approximate surface area is 127 Å². The number of benzene rings is 2. The van der Waals surface area contributed by atoms with Crippen LogP contribution in [0.2, 0.25) is 5.02 Å². The highest BCUT2D eigenvalue weighted by Gasteiger charge is 2.15. The summed E-state index contributed by atoms with van der Waals surface area (Å²) in [5, 5.41) is 0.548. The van der Waals surface area contributed by atoms with E-state index in [1.54, 1.807) is 37.0 Å². The first kappa shape index (κ1) is 14.8. The van der Waals surface area contributed by atoms with Gasteiger partial charge in [0.2, 0.25) is 0 Å². The summed E-state index contributed by atoms with van der Waals surface area (Å²) in [5.41, 5.74) is 7.64. The summed E-state index contributed by atoms with van der Waals surface area (Å²) in [6.45, 7) is 0. The van der Waals surface area contributed by atoms with Crippen molar-refractivity contribution in [1.29, 1.82) is 0 Å². The molecule has 5 heteroatoms. The fraction of sp³-hybridized carbons (Fsp3) is 0.133. The SMILES string of the molecule is CSc1ccc(C(=O)N(C)c2cc(Cl)ccc2N)cc1. The zero-order chi connectivity index (χ0) is 14.7. The van der Waals surface area contributed by atoms with E-state index in [-0.39, 0.29) is 5.91 Å². The Bertz CT molecular complexity index is 628. The molecule has 104 valence electrons. The van der Waals surface area contributed by atoms with Crippen LogP contribution in [0.15, 0.2) is 47.4 Å². The molecule has 2 rings (SSSR count). The number of hydrogen-bond acceptors (Lipinski definition) is 3. The van der Waals surface area contributed by atoms with Crippen molar-refractivity contribution in [2.24, 2.45) is 0 Å². The lowest BCUT2D eigenvalue weighted by Gasteiger charge is -2.19. The number of amides is 1. The predicted molar refractivity (Wildman–Crippen MR) is 86.8 cm³/mol. The molecule has 0 atom stereocenters. The Morgan fingerprint density at radius 2 is 1.85 bits per heavy atom. The lowest BCUT2D eigenvalue weighted by molar-refractivity contribution is 0.0993. The highest BCUT2D eigenvalue weighted by atomic mass is 35.5. The summed E-state index contributed by atoms with van der Waals surface area (Å²) in [6.07, 6.45) is 2.00. The highest BCUT2D eigenvalue weighted by molar-refractivity contribution is 7.98. The zero-order valence-electron chi connectivity index (χ0n) is 11.3. The Kier molecular flexibility index (Phi) is 4.57. The van der Waals surface area contributed by atoms with E-state index in [1.165, 1.54) is 4.90 Å². The van der Waals surface area contributed by atoms with Crippen LogP contribution in [0, 0.1) is 0 Å². The van der Waals surface area contributed by atoms with E-state index >= 15 is 0 Å². The summed E-state index contributed by atoms with van der Waals surface area (Å²) >= 11 is 7.59. The predicted octanol–water partition coefficient (Wildman–Crippen LogP) is 3.92. The van der Waals surface area contributed by atoms with Gasteiger partial charge in [-0.3, -0.25) is 4.79 Å². The first-order chi connectivity index (χ1) is 9.52. The molecule has 0 saturated carbocycles. The van der Waals surface area contributed by atoms with Crippen molar-refractivity contribution in [3.05, 3.63) is 53.1 Å². The summed E-state index contributed by atoms with van der Waals surface area (Å²) in [6, 6.07) is 12.5. The van der Waals surface area contributed by atoms with Crippen molar-refractivity contribution in [1.82, 2.24) is 0 Å². The van der Waals surface area contributed by atoms with Crippen molar-refractivity contribution in [3.63, 3.8) is 0 Å². The summed E-state index contributed by atoms with van der Waals surface area (Å²) in [7, 11) is 1.69. The van der Waals surface area contributed by atoms with Gasteiger partial charge in [0.1, 0.15) is 0 Å². The molecular formula is C15H15ClN2OS. The minimum Gasteiger partial charge on any atom is -0.397 e. The maximum Gasteiger partial charge on any atom is 0.258 e. The van der Waals surface area contributed by atoms with Gasteiger partial charge in [0, 0.05) is 22.5 Å². The minimum absolute atomic E-state index is 0.119. The first-order valence-electron chi connectivity index (χ1n) is 6.00. The van der Waals surface area contributed by atoms with Crippen LogP contribution in [0.3, 0.4) is 0 Å². The molecule has 3 nitrogen and oxygen atoms in total. The van der Waals surface area contributed by atoms with Crippen LogP contribution < -0.4 is 10.6 Å². The van der Waals surface area contributed by atoms with Gasteiger partial charge < -0.3 is 10.6 Å². The number of nitrogens with zero attached hydrogens (tertiary/aromatic N) is 1. The molecule has 0 aliphatic rings. The molecule has 2 aromatic rings. The fourth-order valence-electron chi connectivity index (χ4n) is 1.84. The summed E-state index contributed by atoms with van der Waals surface area (Å²) in [5.74, 6) is -0.119. The largest absolute Gasteiger partial charge is 0.397 e. The quantitative estimate of drug-likeness (QED) is 0.690. The minimum atomic E-state index is -0.119. The van der Waals surface area contributed by atoms with Crippen molar-refractivity contribution in [3.8, 4) is 0 Å². The fourth-order valence-corrected chi connectivity index (χ4v) is 2.42. The highest BCUT2D eigenvalue weighted by Crippen LogP contribution is 2.27. The number of thioether (sulfide) groups is 1. The van der Waals surface area contributed by atoms with Gasteiger partial charge in [-0.2, -0.15) is 0 Å². The maximum atomic E-state index is 12.4. The van der Waals surface area contributed by atoms with Gasteiger partial charge in [0.25, 0.3) is 5.91 Å². The molecule has 0 fully saturated rings. The van der Waals surface area contributed by atoms with Crippen LogP contribution in [-0.4, -0.2) is 19.2 Å². The van der Waals surface area contributed by atoms with E-state index in [1.807, 2.05) is 30.5 Å². The topological polar surface area (TPSA) is 46.3 Å². The normalized spacial score (nSPS) is 10.3. The molecule has 0 unspecified atom stereocenters. The Hall–Kier alpha value is -1.65. The third-order valence-corrected chi connectivity index (χ3v) is 3.97. The van der Waals surface area contributed by atoms with Crippen LogP contribution in [-0.2, 0) is 0 Å². The molecule has 0 spiro atoms. The molecule has 20 heavy (non-hydrogen) atoms. The lowest BCUT2D eigenvalue weighted by atomic mass is 10.2. The van der Waals surface area contributed by atoms with Gasteiger partial charge in [-0.25, -0.2) is 0 Å². The summed E-state index contributed by atoms with van der Waals surface area (Å²) in [4.78, 5) is 15.1. The van der Waals surface area contributed by atoms with Crippen molar-refractivity contribution in [2.75, 3.05) is 23.9 Å².